The third-order valence-corrected chi connectivity index (χ3v) is 2.26. The monoisotopic (exact) mass is 282 g/mol. The van der Waals surface area contributed by atoms with Crippen molar-refractivity contribution < 1.29 is 28.7 Å². The van der Waals surface area contributed by atoms with Gasteiger partial charge in [-0.2, -0.15) is 0 Å². The van der Waals surface area contributed by atoms with Crippen molar-refractivity contribution in [1.29, 1.82) is 0 Å². The molecule has 0 N–H and O–H groups in total. The van der Waals surface area contributed by atoms with E-state index in [1.807, 2.05) is 0 Å². The fourth-order valence-corrected chi connectivity index (χ4v) is 1.27. The summed E-state index contributed by atoms with van der Waals surface area (Å²) in [5.41, 5.74) is 0. The van der Waals surface area contributed by atoms with Crippen molar-refractivity contribution in [3.05, 3.63) is 24.3 Å². The Bertz CT molecular complexity index is 433. The van der Waals surface area contributed by atoms with E-state index in [0.717, 1.165) is 12.2 Å². The average Bonchev–Trinajstić information content (AvgIpc) is 2.36. The minimum Gasteiger partial charge on any atom is -0.390 e. The zero-order chi connectivity index (χ0) is 15.5. The molecule has 0 aromatic carbocycles. The molecule has 0 aliphatic heterocycles. The van der Waals surface area contributed by atoms with Crippen molar-refractivity contribution in [2.75, 3.05) is 0 Å². The van der Waals surface area contributed by atoms with Crippen molar-refractivity contribution in [3.63, 3.8) is 0 Å². The molecule has 0 saturated heterocycles. The molecule has 0 aromatic heterocycles. The van der Waals surface area contributed by atoms with Crippen LogP contribution in [0.15, 0.2) is 24.3 Å². The summed E-state index contributed by atoms with van der Waals surface area (Å²) in [6.07, 6.45) is 5.01. The second-order valence-corrected chi connectivity index (χ2v) is 3.84. The molecule has 0 spiro atoms. The average molecular weight is 282 g/mol. The van der Waals surface area contributed by atoms with E-state index in [-0.39, 0.29) is 12.8 Å². The van der Waals surface area contributed by atoms with Crippen molar-refractivity contribution in [2.24, 2.45) is 5.92 Å². The van der Waals surface area contributed by atoms with Gasteiger partial charge in [-0.05, 0) is 20.3 Å². The third-order valence-electron chi connectivity index (χ3n) is 2.26. The number of ether oxygens (including phenoxy) is 2. The Morgan fingerprint density at radius 3 is 1.90 bits per heavy atom. The van der Waals surface area contributed by atoms with Gasteiger partial charge < -0.3 is 9.47 Å². The highest BCUT2D eigenvalue weighted by atomic mass is 16.6. The summed E-state index contributed by atoms with van der Waals surface area (Å²) in [6, 6.07) is 0. The maximum Gasteiger partial charge on any atom is 0.338 e. The Balaban J connectivity index is 4.46. The third kappa shape index (κ3) is 7.25. The summed E-state index contributed by atoms with van der Waals surface area (Å²) in [5, 5.41) is 0. The van der Waals surface area contributed by atoms with Crippen LogP contribution >= 0.6 is 0 Å². The zero-order valence-electron chi connectivity index (χ0n) is 11.8. The minimum absolute atomic E-state index is 0.287. The first-order valence-corrected chi connectivity index (χ1v) is 6.20. The van der Waals surface area contributed by atoms with E-state index in [2.05, 4.69) is 9.47 Å². The molecule has 0 fully saturated rings. The van der Waals surface area contributed by atoms with E-state index in [4.69, 9.17) is 0 Å². The van der Waals surface area contributed by atoms with Crippen LogP contribution in [0.1, 0.15) is 33.6 Å². The second kappa shape index (κ2) is 9.66. The van der Waals surface area contributed by atoms with Crippen LogP contribution < -0.4 is 0 Å². The maximum absolute atomic E-state index is 11.6. The lowest BCUT2D eigenvalue weighted by molar-refractivity contribution is -0.165. The van der Waals surface area contributed by atoms with E-state index >= 15 is 0 Å². The Kier molecular flexibility index (Phi) is 8.58. The van der Waals surface area contributed by atoms with E-state index in [1.165, 1.54) is 12.2 Å². The number of hydrogen-bond acceptors (Lipinski definition) is 6. The summed E-state index contributed by atoms with van der Waals surface area (Å²) in [5.74, 6) is -4.07. The van der Waals surface area contributed by atoms with E-state index in [9.17, 15) is 19.2 Å². The molecule has 1 unspecified atom stereocenters. The van der Waals surface area contributed by atoms with Crippen LogP contribution in [0.25, 0.3) is 0 Å². The predicted octanol–water partition coefficient (Wildman–Crippen LogP) is 1.69. The zero-order valence-corrected chi connectivity index (χ0v) is 11.8. The van der Waals surface area contributed by atoms with Crippen LogP contribution in [-0.4, -0.2) is 23.9 Å². The lowest BCUT2D eigenvalue weighted by atomic mass is 10.0. The van der Waals surface area contributed by atoms with Gasteiger partial charge in [-0.1, -0.05) is 19.1 Å². The van der Waals surface area contributed by atoms with Gasteiger partial charge in [0.15, 0.2) is 0 Å². The van der Waals surface area contributed by atoms with Gasteiger partial charge in [0.1, 0.15) is 0 Å². The lowest BCUT2D eigenvalue weighted by Crippen LogP contribution is -2.24. The molecule has 0 bridgehead atoms. The highest BCUT2D eigenvalue weighted by molar-refractivity contribution is 5.95. The molecule has 110 valence electrons. The van der Waals surface area contributed by atoms with Crippen LogP contribution in [0.2, 0.25) is 0 Å². The molecule has 20 heavy (non-hydrogen) atoms. The Hall–Kier alpha value is -2.24. The quantitative estimate of drug-likeness (QED) is 0.418. The van der Waals surface area contributed by atoms with Crippen LogP contribution in [-0.2, 0) is 28.7 Å². The minimum atomic E-state index is -0.838. The lowest BCUT2D eigenvalue weighted by Gasteiger charge is -2.11. The van der Waals surface area contributed by atoms with Gasteiger partial charge in [-0.25, -0.2) is 9.59 Å². The molecule has 0 aliphatic rings. The van der Waals surface area contributed by atoms with E-state index < -0.39 is 29.8 Å². The topological polar surface area (TPSA) is 86.7 Å². The van der Waals surface area contributed by atoms with Crippen molar-refractivity contribution in [2.45, 2.75) is 33.6 Å². The maximum atomic E-state index is 11.6. The summed E-state index contributed by atoms with van der Waals surface area (Å²) >= 11 is 0. The first kappa shape index (κ1) is 17.8. The number of hydrogen-bond donors (Lipinski definition) is 0. The summed E-state index contributed by atoms with van der Waals surface area (Å²) in [4.78, 5) is 45.2. The Morgan fingerprint density at radius 1 is 0.950 bits per heavy atom. The molecular weight excluding hydrogens is 264 g/mol. The first-order valence-electron chi connectivity index (χ1n) is 6.20. The number of carbonyl (C=O) groups excluding carboxylic acids is 4. The van der Waals surface area contributed by atoms with Gasteiger partial charge in [0.2, 0.25) is 0 Å². The second-order valence-electron chi connectivity index (χ2n) is 3.84. The molecule has 0 heterocycles. The van der Waals surface area contributed by atoms with Crippen LogP contribution in [0, 0.1) is 5.92 Å². The Morgan fingerprint density at radius 2 is 1.45 bits per heavy atom. The van der Waals surface area contributed by atoms with E-state index in [1.54, 1.807) is 20.8 Å². The molecule has 0 radical (unpaired) electrons. The molecule has 0 saturated carbocycles. The summed E-state index contributed by atoms with van der Waals surface area (Å²) in [6.45, 7) is 4.87. The Labute approximate surface area is 117 Å². The fourth-order valence-electron chi connectivity index (χ4n) is 1.27. The van der Waals surface area contributed by atoms with Gasteiger partial charge in [-0.15, -0.1) is 0 Å². The normalized spacial score (nSPS) is 12.3. The molecule has 6 heteroatoms. The molecule has 6 nitrogen and oxygen atoms in total. The molecule has 0 aliphatic carbocycles. The highest BCUT2D eigenvalue weighted by Crippen LogP contribution is 2.12. The van der Waals surface area contributed by atoms with E-state index in [0.29, 0.717) is 0 Å². The van der Waals surface area contributed by atoms with Gasteiger partial charge in [-0.3, -0.25) is 9.59 Å². The summed E-state index contributed by atoms with van der Waals surface area (Å²) in [7, 11) is 0. The summed E-state index contributed by atoms with van der Waals surface area (Å²) < 4.78 is 8.98. The van der Waals surface area contributed by atoms with Crippen LogP contribution in [0.5, 0.6) is 0 Å². The van der Waals surface area contributed by atoms with Gasteiger partial charge >= 0.3 is 23.9 Å². The van der Waals surface area contributed by atoms with Gasteiger partial charge in [0.05, 0.1) is 12.3 Å². The predicted molar refractivity (Wildman–Crippen MR) is 70.2 cm³/mol. The van der Waals surface area contributed by atoms with Crippen LogP contribution in [0.4, 0.5) is 0 Å². The first-order chi connectivity index (χ1) is 9.44. The fraction of sp³-hybridized carbons (Fsp3) is 0.429. The van der Waals surface area contributed by atoms with Gasteiger partial charge in [0.25, 0.3) is 0 Å². The number of rotatable bonds is 6. The highest BCUT2D eigenvalue weighted by Gasteiger charge is 2.24. The molecular formula is C14H18O6. The van der Waals surface area contributed by atoms with Gasteiger partial charge in [0, 0.05) is 12.2 Å². The smallest absolute Gasteiger partial charge is 0.338 e. The van der Waals surface area contributed by atoms with Crippen molar-refractivity contribution in [1.82, 2.24) is 0 Å². The number of allylic oxidation sites excluding steroid dienone is 2. The molecule has 0 rings (SSSR count). The van der Waals surface area contributed by atoms with Crippen LogP contribution in [0.3, 0.4) is 0 Å². The molecule has 1 atom stereocenters. The SMILES string of the molecule is CC=CC(=O)OC(=O)CC(CC)C(=O)OC(=O)C=CC. The molecule has 0 amide bonds. The number of carbonyl (C=O) groups is 4. The molecule has 0 aromatic rings. The number of esters is 4. The largest absolute Gasteiger partial charge is 0.390 e. The standard InChI is InChI=1S/C14H18O6/c1-4-7-11(15)19-13(17)9-10(6-3)14(18)20-12(16)8-5-2/h4-5,7-8,10H,6,9H2,1-3H3. The van der Waals surface area contributed by atoms with Crippen molar-refractivity contribution in [3.8, 4) is 0 Å². The van der Waals surface area contributed by atoms with Crippen molar-refractivity contribution >= 4 is 23.9 Å².